The van der Waals surface area contributed by atoms with Crippen molar-refractivity contribution >= 4 is 38.9 Å². The number of anilines is 2. The van der Waals surface area contributed by atoms with E-state index in [0.29, 0.717) is 16.4 Å². The summed E-state index contributed by atoms with van der Waals surface area (Å²) in [4.78, 5) is 16.1. The summed E-state index contributed by atoms with van der Waals surface area (Å²) in [7, 11) is -3.77. The van der Waals surface area contributed by atoms with Crippen LogP contribution in [0.4, 0.5) is 11.4 Å². The van der Waals surface area contributed by atoms with Crippen LogP contribution >= 0.6 is 11.6 Å². The van der Waals surface area contributed by atoms with Crippen LogP contribution < -0.4 is 10.0 Å². The van der Waals surface area contributed by atoms with Gasteiger partial charge in [0.1, 0.15) is 18.7 Å². The lowest BCUT2D eigenvalue weighted by Crippen LogP contribution is -2.24. The largest absolute Gasteiger partial charge is 0.324 e. The van der Waals surface area contributed by atoms with Gasteiger partial charge in [0.05, 0.1) is 4.90 Å². The molecule has 1 unspecified atom stereocenters. The second-order valence-electron chi connectivity index (χ2n) is 6.13. The van der Waals surface area contributed by atoms with Gasteiger partial charge >= 0.3 is 0 Å². The molecule has 0 spiro atoms. The molecule has 28 heavy (non-hydrogen) atoms. The van der Waals surface area contributed by atoms with E-state index < -0.39 is 16.1 Å². The van der Waals surface area contributed by atoms with Crippen molar-refractivity contribution in [2.45, 2.75) is 24.8 Å². The molecule has 1 aromatic heterocycles. The van der Waals surface area contributed by atoms with Gasteiger partial charge in [0.15, 0.2) is 0 Å². The van der Waals surface area contributed by atoms with Crippen molar-refractivity contribution in [2.24, 2.45) is 0 Å². The molecule has 3 rings (SSSR count). The lowest BCUT2D eigenvalue weighted by molar-refractivity contribution is -0.119. The number of rotatable bonds is 6. The SMILES string of the molecule is Cc1ccc(S(=O)(=O)Nc2ccc(NC(=O)C(C)n3cncn3)cc2)cc1Cl. The molecule has 0 saturated heterocycles. The van der Waals surface area contributed by atoms with Crippen molar-refractivity contribution in [1.82, 2.24) is 14.8 Å². The molecule has 2 aromatic carbocycles. The monoisotopic (exact) mass is 419 g/mol. The van der Waals surface area contributed by atoms with Gasteiger partial charge in [-0.2, -0.15) is 5.10 Å². The number of hydrogen-bond acceptors (Lipinski definition) is 5. The third kappa shape index (κ3) is 4.49. The molecule has 1 amide bonds. The molecule has 0 bridgehead atoms. The van der Waals surface area contributed by atoms with Gasteiger partial charge in [-0.25, -0.2) is 18.1 Å². The minimum atomic E-state index is -3.77. The average molecular weight is 420 g/mol. The Labute approximate surface area is 167 Å². The predicted octanol–water partition coefficient (Wildman–Crippen LogP) is 3.24. The Morgan fingerprint density at radius 3 is 2.43 bits per heavy atom. The maximum absolute atomic E-state index is 12.5. The third-order valence-corrected chi connectivity index (χ3v) is 5.86. The number of nitrogens with zero attached hydrogens (tertiary/aromatic N) is 3. The maximum Gasteiger partial charge on any atom is 0.261 e. The van der Waals surface area contributed by atoms with Crippen molar-refractivity contribution < 1.29 is 13.2 Å². The van der Waals surface area contributed by atoms with Crippen LogP contribution in [0.1, 0.15) is 18.5 Å². The van der Waals surface area contributed by atoms with Gasteiger partial charge in [0.2, 0.25) is 5.91 Å². The van der Waals surface area contributed by atoms with Gasteiger partial charge in [-0.05, 0) is 55.8 Å². The van der Waals surface area contributed by atoms with Gasteiger partial charge in [-0.15, -0.1) is 0 Å². The molecule has 0 fully saturated rings. The third-order valence-electron chi connectivity index (χ3n) is 4.07. The maximum atomic E-state index is 12.5. The van der Waals surface area contributed by atoms with E-state index in [1.165, 1.54) is 29.5 Å². The fourth-order valence-electron chi connectivity index (χ4n) is 2.36. The van der Waals surface area contributed by atoms with Crippen molar-refractivity contribution in [1.29, 1.82) is 0 Å². The standard InChI is InChI=1S/C18H18ClN5O3S/c1-12-3-8-16(9-17(12)19)28(26,27)23-15-6-4-14(5-7-15)22-18(25)13(2)24-11-20-10-21-24/h3-11,13,23H,1-2H3,(H,22,25). The molecule has 1 heterocycles. The topological polar surface area (TPSA) is 106 Å². The smallest absolute Gasteiger partial charge is 0.261 e. The fraction of sp³-hybridized carbons (Fsp3) is 0.167. The van der Waals surface area contributed by atoms with Crippen LogP contribution in [0.25, 0.3) is 0 Å². The molecule has 0 saturated carbocycles. The van der Waals surface area contributed by atoms with Crippen LogP contribution in [0.3, 0.4) is 0 Å². The fourth-order valence-corrected chi connectivity index (χ4v) is 3.69. The number of aromatic nitrogens is 3. The minimum Gasteiger partial charge on any atom is -0.324 e. The van der Waals surface area contributed by atoms with E-state index in [0.717, 1.165) is 5.56 Å². The first-order chi connectivity index (χ1) is 13.3. The summed E-state index contributed by atoms with van der Waals surface area (Å²) < 4.78 is 28.9. The van der Waals surface area contributed by atoms with Crippen LogP contribution in [0, 0.1) is 6.92 Å². The second-order valence-corrected chi connectivity index (χ2v) is 8.22. The summed E-state index contributed by atoms with van der Waals surface area (Å²) >= 11 is 6.01. The Balaban J connectivity index is 1.68. The Hall–Kier alpha value is -2.91. The first kappa shape index (κ1) is 19.8. The highest BCUT2D eigenvalue weighted by molar-refractivity contribution is 7.92. The molecule has 0 aliphatic carbocycles. The van der Waals surface area contributed by atoms with Crippen LogP contribution in [0.5, 0.6) is 0 Å². The van der Waals surface area contributed by atoms with Crippen LogP contribution in [0.2, 0.25) is 5.02 Å². The van der Waals surface area contributed by atoms with E-state index in [1.807, 2.05) is 0 Å². The Morgan fingerprint density at radius 1 is 1.14 bits per heavy atom. The van der Waals surface area contributed by atoms with Crippen molar-refractivity contribution in [3.8, 4) is 0 Å². The summed E-state index contributed by atoms with van der Waals surface area (Å²) in [5.74, 6) is -0.270. The number of carbonyl (C=O) groups is 1. The van der Waals surface area contributed by atoms with Crippen molar-refractivity contribution in [3.63, 3.8) is 0 Å². The summed E-state index contributed by atoms with van der Waals surface area (Å²) in [5.41, 5.74) is 1.68. The highest BCUT2D eigenvalue weighted by atomic mass is 35.5. The van der Waals surface area contributed by atoms with Gasteiger partial charge in [0, 0.05) is 16.4 Å². The van der Waals surface area contributed by atoms with Gasteiger partial charge in [0.25, 0.3) is 10.0 Å². The number of aryl methyl sites for hydroxylation is 1. The van der Waals surface area contributed by atoms with Gasteiger partial charge < -0.3 is 5.32 Å². The van der Waals surface area contributed by atoms with Crippen molar-refractivity contribution in [3.05, 3.63) is 65.7 Å². The normalized spacial score (nSPS) is 12.4. The molecule has 0 radical (unpaired) electrons. The van der Waals surface area contributed by atoms with E-state index in [1.54, 1.807) is 44.2 Å². The Morgan fingerprint density at radius 2 is 1.82 bits per heavy atom. The summed E-state index contributed by atoms with van der Waals surface area (Å²) in [6.07, 6.45) is 2.81. The van der Waals surface area contributed by atoms with E-state index in [-0.39, 0.29) is 10.8 Å². The zero-order valence-electron chi connectivity index (χ0n) is 15.1. The lowest BCUT2D eigenvalue weighted by Gasteiger charge is -2.13. The first-order valence-corrected chi connectivity index (χ1v) is 10.2. The Kier molecular flexibility index (Phi) is 5.66. The Bertz CT molecular complexity index is 1080. The summed E-state index contributed by atoms with van der Waals surface area (Å²) in [6, 6.07) is 10.3. The lowest BCUT2D eigenvalue weighted by atomic mass is 10.2. The number of amides is 1. The highest BCUT2D eigenvalue weighted by Crippen LogP contribution is 2.23. The molecular formula is C18H18ClN5O3S. The summed E-state index contributed by atoms with van der Waals surface area (Å²) in [5, 5.41) is 7.05. The van der Waals surface area contributed by atoms with E-state index >= 15 is 0 Å². The van der Waals surface area contributed by atoms with E-state index in [2.05, 4.69) is 20.1 Å². The molecule has 3 aromatic rings. The quantitative estimate of drug-likeness (QED) is 0.638. The summed E-state index contributed by atoms with van der Waals surface area (Å²) in [6.45, 7) is 3.49. The first-order valence-electron chi connectivity index (χ1n) is 8.30. The molecule has 146 valence electrons. The van der Waals surface area contributed by atoms with Crippen LogP contribution in [0.15, 0.2) is 60.0 Å². The molecule has 8 nitrogen and oxygen atoms in total. The molecule has 2 N–H and O–H groups in total. The van der Waals surface area contributed by atoms with Gasteiger partial charge in [-0.3, -0.25) is 9.52 Å². The number of hydrogen-bond donors (Lipinski definition) is 2. The number of nitrogens with one attached hydrogen (secondary N) is 2. The van der Waals surface area contributed by atoms with E-state index in [9.17, 15) is 13.2 Å². The molecule has 0 aliphatic rings. The second kappa shape index (κ2) is 7.99. The number of halogens is 1. The number of carbonyl (C=O) groups excluding carboxylic acids is 1. The van der Waals surface area contributed by atoms with Crippen molar-refractivity contribution in [2.75, 3.05) is 10.0 Å². The van der Waals surface area contributed by atoms with Crippen LogP contribution in [-0.2, 0) is 14.8 Å². The zero-order valence-corrected chi connectivity index (χ0v) is 16.7. The highest BCUT2D eigenvalue weighted by Gasteiger charge is 2.17. The van der Waals surface area contributed by atoms with Crippen LogP contribution in [-0.4, -0.2) is 29.1 Å². The zero-order chi connectivity index (χ0) is 20.3. The number of sulfonamides is 1. The van der Waals surface area contributed by atoms with Gasteiger partial charge in [-0.1, -0.05) is 17.7 Å². The molecule has 10 heteroatoms. The minimum absolute atomic E-state index is 0.0714. The average Bonchev–Trinajstić information content (AvgIpc) is 3.19. The molecule has 0 aliphatic heterocycles. The predicted molar refractivity (Wildman–Crippen MR) is 107 cm³/mol. The molecule has 1 atom stereocenters. The number of benzene rings is 2. The van der Waals surface area contributed by atoms with E-state index in [4.69, 9.17) is 11.6 Å². The molecular weight excluding hydrogens is 402 g/mol.